The summed E-state index contributed by atoms with van der Waals surface area (Å²) >= 11 is 6.90. The molecule has 60 valence electrons. The van der Waals surface area contributed by atoms with Crippen LogP contribution in [0.4, 0.5) is 5.69 Å². The maximum absolute atomic E-state index is 5.62. The monoisotopic (exact) mass is 277 g/mol. The zero-order valence-corrected chi connectivity index (χ0v) is 9.37. The van der Waals surface area contributed by atoms with Gasteiger partial charge in [-0.1, -0.05) is 38.8 Å². The first-order valence-electron chi connectivity index (χ1n) is 3.38. The molecule has 0 heterocycles. The first-order chi connectivity index (χ1) is 5.15. The highest BCUT2D eigenvalue weighted by Gasteiger charge is 2.02. The van der Waals surface area contributed by atoms with Crippen LogP contribution < -0.4 is 5.73 Å². The van der Waals surface area contributed by atoms with Crippen molar-refractivity contribution in [2.75, 3.05) is 5.73 Å². The molecule has 1 aromatic rings. The van der Waals surface area contributed by atoms with Gasteiger partial charge in [-0.25, -0.2) is 0 Å². The van der Waals surface area contributed by atoms with Crippen molar-refractivity contribution < 1.29 is 0 Å². The number of hydrogen-bond donors (Lipinski definition) is 1. The molecule has 0 saturated carbocycles. The van der Waals surface area contributed by atoms with Gasteiger partial charge in [0, 0.05) is 14.6 Å². The minimum absolute atomic E-state index is 0.779. The third-order valence-corrected chi connectivity index (χ3v) is 2.93. The van der Waals surface area contributed by atoms with E-state index in [1.165, 1.54) is 5.56 Å². The molecular weight excluding hydrogens is 270 g/mol. The predicted molar refractivity (Wildman–Crippen MR) is 55.6 cm³/mol. The van der Waals surface area contributed by atoms with E-state index in [1.54, 1.807) is 0 Å². The highest BCUT2D eigenvalue weighted by Crippen LogP contribution is 2.28. The van der Waals surface area contributed by atoms with E-state index in [4.69, 9.17) is 5.73 Å². The highest BCUT2D eigenvalue weighted by atomic mass is 79.9. The fourth-order valence-corrected chi connectivity index (χ4v) is 2.74. The molecule has 0 unspecified atom stereocenters. The minimum atomic E-state index is 0.779. The second kappa shape index (κ2) is 3.59. The quantitative estimate of drug-likeness (QED) is 0.784. The van der Waals surface area contributed by atoms with E-state index >= 15 is 0 Å². The lowest BCUT2D eigenvalue weighted by Gasteiger charge is -2.05. The molecule has 0 amide bonds. The van der Waals surface area contributed by atoms with E-state index in [0.717, 1.165) is 21.1 Å². The van der Waals surface area contributed by atoms with Crippen LogP contribution in [0.5, 0.6) is 0 Å². The van der Waals surface area contributed by atoms with Gasteiger partial charge in [-0.2, -0.15) is 0 Å². The lowest BCUT2D eigenvalue weighted by atomic mass is 10.1. The van der Waals surface area contributed by atoms with Gasteiger partial charge in [0.25, 0.3) is 0 Å². The van der Waals surface area contributed by atoms with E-state index in [1.807, 2.05) is 12.1 Å². The molecule has 0 fully saturated rings. The summed E-state index contributed by atoms with van der Waals surface area (Å²) in [6.07, 6.45) is 1.00. The molecule has 1 nitrogen and oxygen atoms in total. The molecule has 11 heavy (non-hydrogen) atoms. The van der Waals surface area contributed by atoms with Crippen molar-refractivity contribution in [1.82, 2.24) is 0 Å². The molecule has 0 radical (unpaired) electrons. The largest absolute Gasteiger partial charge is 0.399 e. The average molecular weight is 279 g/mol. The summed E-state index contributed by atoms with van der Waals surface area (Å²) in [5.41, 5.74) is 7.66. The number of benzene rings is 1. The molecule has 0 aliphatic heterocycles. The van der Waals surface area contributed by atoms with E-state index in [0.29, 0.717) is 0 Å². The fourth-order valence-electron chi connectivity index (χ4n) is 0.960. The molecular formula is C8H9Br2N. The Morgan fingerprint density at radius 1 is 1.27 bits per heavy atom. The molecule has 1 rings (SSSR count). The Kier molecular flexibility index (Phi) is 2.96. The van der Waals surface area contributed by atoms with Crippen LogP contribution in [-0.2, 0) is 6.42 Å². The standard InChI is InChI=1S/C8H9Br2N/c1-2-6-7(9)3-5(11)4-8(6)10/h3-4H,2,11H2,1H3. The minimum Gasteiger partial charge on any atom is -0.399 e. The maximum atomic E-state index is 5.62. The van der Waals surface area contributed by atoms with Crippen molar-refractivity contribution in [2.45, 2.75) is 13.3 Å². The summed E-state index contributed by atoms with van der Waals surface area (Å²) in [7, 11) is 0. The Morgan fingerprint density at radius 3 is 2.09 bits per heavy atom. The zero-order chi connectivity index (χ0) is 8.43. The van der Waals surface area contributed by atoms with Crippen molar-refractivity contribution in [3.63, 3.8) is 0 Å². The molecule has 0 aliphatic carbocycles. The highest BCUT2D eigenvalue weighted by molar-refractivity contribution is 9.11. The Hall–Kier alpha value is -0.0200. The number of nitrogen functional groups attached to an aromatic ring is 1. The SMILES string of the molecule is CCc1c(Br)cc(N)cc1Br. The van der Waals surface area contributed by atoms with Gasteiger partial charge in [0.1, 0.15) is 0 Å². The van der Waals surface area contributed by atoms with Gasteiger partial charge in [-0.3, -0.25) is 0 Å². The third-order valence-electron chi connectivity index (χ3n) is 1.52. The van der Waals surface area contributed by atoms with Gasteiger partial charge in [0.2, 0.25) is 0 Å². The molecule has 3 heteroatoms. The number of rotatable bonds is 1. The summed E-state index contributed by atoms with van der Waals surface area (Å²) < 4.78 is 2.15. The number of nitrogens with two attached hydrogens (primary N) is 1. The van der Waals surface area contributed by atoms with Crippen molar-refractivity contribution in [1.29, 1.82) is 0 Å². The zero-order valence-electron chi connectivity index (χ0n) is 6.20. The van der Waals surface area contributed by atoms with E-state index in [2.05, 4.69) is 38.8 Å². The van der Waals surface area contributed by atoms with Crippen LogP contribution in [0.2, 0.25) is 0 Å². The second-order valence-electron chi connectivity index (χ2n) is 2.32. The van der Waals surface area contributed by atoms with E-state index < -0.39 is 0 Å². The van der Waals surface area contributed by atoms with Crippen molar-refractivity contribution in [3.8, 4) is 0 Å². The maximum Gasteiger partial charge on any atom is 0.0336 e. The van der Waals surface area contributed by atoms with Crippen LogP contribution >= 0.6 is 31.9 Å². The van der Waals surface area contributed by atoms with Gasteiger partial charge in [0.05, 0.1) is 0 Å². The van der Waals surface area contributed by atoms with Gasteiger partial charge in [-0.05, 0) is 24.1 Å². The van der Waals surface area contributed by atoms with Crippen molar-refractivity contribution in [2.24, 2.45) is 0 Å². The summed E-state index contributed by atoms with van der Waals surface area (Å²) in [6.45, 7) is 2.11. The molecule has 2 N–H and O–H groups in total. The van der Waals surface area contributed by atoms with Crippen LogP contribution in [0.1, 0.15) is 12.5 Å². The molecule has 0 aliphatic rings. The molecule has 0 spiro atoms. The lowest BCUT2D eigenvalue weighted by molar-refractivity contribution is 1.11. The van der Waals surface area contributed by atoms with Crippen molar-refractivity contribution >= 4 is 37.5 Å². The number of halogens is 2. The summed E-state index contributed by atoms with van der Waals surface area (Å²) in [6, 6.07) is 3.84. The average Bonchev–Trinajstić information content (AvgIpc) is 1.85. The van der Waals surface area contributed by atoms with Crippen LogP contribution in [-0.4, -0.2) is 0 Å². The molecule has 0 saturated heterocycles. The van der Waals surface area contributed by atoms with Crippen molar-refractivity contribution in [3.05, 3.63) is 26.6 Å². The molecule has 0 atom stereocenters. The molecule has 1 aromatic carbocycles. The summed E-state index contributed by atoms with van der Waals surface area (Å²) in [5, 5.41) is 0. The van der Waals surface area contributed by atoms with Crippen LogP contribution in [0, 0.1) is 0 Å². The fraction of sp³-hybridized carbons (Fsp3) is 0.250. The van der Waals surface area contributed by atoms with E-state index in [-0.39, 0.29) is 0 Å². The van der Waals surface area contributed by atoms with Gasteiger partial charge in [0.15, 0.2) is 0 Å². The lowest BCUT2D eigenvalue weighted by Crippen LogP contribution is -1.90. The first-order valence-corrected chi connectivity index (χ1v) is 4.97. The molecule has 0 aromatic heterocycles. The Morgan fingerprint density at radius 2 is 1.73 bits per heavy atom. The second-order valence-corrected chi connectivity index (χ2v) is 4.03. The van der Waals surface area contributed by atoms with Gasteiger partial charge in [-0.15, -0.1) is 0 Å². The normalized spacial score (nSPS) is 10.1. The van der Waals surface area contributed by atoms with E-state index in [9.17, 15) is 0 Å². The summed E-state index contributed by atoms with van der Waals surface area (Å²) in [5.74, 6) is 0. The van der Waals surface area contributed by atoms with Crippen LogP contribution in [0.15, 0.2) is 21.1 Å². The Balaban J connectivity index is 3.25. The third kappa shape index (κ3) is 1.97. The Bertz CT molecular complexity index is 248. The first kappa shape index (κ1) is 9.07. The molecule has 0 bridgehead atoms. The smallest absolute Gasteiger partial charge is 0.0336 e. The van der Waals surface area contributed by atoms with Gasteiger partial charge < -0.3 is 5.73 Å². The topological polar surface area (TPSA) is 26.0 Å². The van der Waals surface area contributed by atoms with Crippen LogP contribution in [0.25, 0.3) is 0 Å². The Labute approximate surface area is 83.2 Å². The van der Waals surface area contributed by atoms with Crippen LogP contribution in [0.3, 0.4) is 0 Å². The predicted octanol–water partition coefficient (Wildman–Crippen LogP) is 3.36. The summed E-state index contributed by atoms with van der Waals surface area (Å²) in [4.78, 5) is 0. The number of anilines is 1. The van der Waals surface area contributed by atoms with Gasteiger partial charge >= 0.3 is 0 Å². The number of hydrogen-bond acceptors (Lipinski definition) is 1.